The molecule has 0 radical (unpaired) electrons. The fourth-order valence-electron chi connectivity index (χ4n) is 2.38. The molecule has 0 amide bonds. The van der Waals surface area contributed by atoms with Crippen LogP contribution < -0.4 is 5.32 Å². The van der Waals surface area contributed by atoms with Crippen LogP contribution in [0.2, 0.25) is 5.02 Å². The van der Waals surface area contributed by atoms with E-state index in [1.54, 1.807) is 10.7 Å². The van der Waals surface area contributed by atoms with E-state index in [-0.39, 0.29) is 6.04 Å². The smallest absolute Gasteiger partial charge is 0.159 e. The van der Waals surface area contributed by atoms with Gasteiger partial charge in [0, 0.05) is 19.5 Å². The Labute approximate surface area is 127 Å². The predicted molar refractivity (Wildman–Crippen MR) is 79.4 cm³/mol. The van der Waals surface area contributed by atoms with Gasteiger partial charge >= 0.3 is 0 Å². The Bertz CT molecular complexity index is 640. The molecule has 2 rings (SSSR count). The van der Waals surface area contributed by atoms with Gasteiger partial charge in [-0.15, -0.1) is 0 Å². The van der Waals surface area contributed by atoms with Crippen LogP contribution in [0.5, 0.6) is 0 Å². The number of benzene rings is 1. The molecule has 0 aliphatic carbocycles. The van der Waals surface area contributed by atoms with Crippen LogP contribution in [-0.4, -0.2) is 16.3 Å². The van der Waals surface area contributed by atoms with Gasteiger partial charge in [-0.1, -0.05) is 24.6 Å². The third-order valence-electron chi connectivity index (χ3n) is 3.46. The normalized spacial score (nSPS) is 12.7. The molecule has 0 fully saturated rings. The van der Waals surface area contributed by atoms with Crippen molar-refractivity contribution in [3.05, 3.63) is 51.8 Å². The molecule has 1 heterocycles. The average Bonchev–Trinajstić information content (AvgIpc) is 2.68. The van der Waals surface area contributed by atoms with Crippen LogP contribution in [0.4, 0.5) is 8.78 Å². The molecular weight excluding hydrogens is 296 g/mol. The van der Waals surface area contributed by atoms with E-state index in [0.29, 0.717) is 23.6 Å². The van der Waals surface area contributed by atoms with Crippen molar-refractivity contribution in [2.45, 2.75) is 26.3 Å². The van der Waals surface area contributed by atoms with Crippen molar-refractivity contribution in [1.82, 2.24) is 15.1 Å². The highest BCUT2D eigenvalue weighted by atomic mass is 35.5. The van der Waals surface area contributed by atoms with Crippen LogP contribution in [0, 0.1) is 18.6 Å². The molecule has 3 nitrogen and oxygen atoms in total. The van der Waals surface area contributed by atoms with Crippen molar-refractivity contribution < 1.29 is 8.78 Å². The highest BCUT2D eigenvalue weighted by molar-refractivity contribution is 6.31. The Morgan fingerprint density at radius 3 is 2.57 bits per heavy atom. The van der Waals surface area contributed by atoms with Crippen LogP contribution in [0.1, 0.15) is 29.9 Å². The predicted octanol–water partition coefficient (Wildman–Crippen LogP) is 3.55. The molecule has 0 saturated carbocycles. The Kier molecular flexibility index (Phi) is 4.96. The highest BCUT2D eigenvalue weighted by Gasteiger charge is 2.19. The number of nitrogens with one attached hydrogen (secondary N) is 1. The lowest BCUT2D eigenvalue weighted by Crippen LogP contribution is -2.24. The SMILES string of the molecule is CCNC(Cc1c(Cl)c(C)nn1C)c1ccc(F)c(F)c1. The summed E-state index contributed by atoms with van der Waals surface area (Å²) in [4.78, 5) is 0. The Hall–Kier alpha value is -1.46. The summed E-state index contributed by atoms with van der Waals surface area (Å²) in [7, 11) is 1.82. The van der Waals surface area contributed by atoms with Crippen LogP contribution >= 0.6 is 11.6 Å². The summed E-state index contributed by atoms with van der Waals surface area (Å²) in [5.74, 6) is -1.69. The molecule has 1 aromatic carbocycles. The van der Waals surface area contributed by atoms with Crippen LogP contribution in [0.25, 0.3) is 0 Å². The zero-order valence-corrected chi connectivity index (χ0v) is 13.0. The van der Waals surface area contributed by atoms with Gasteiger partial charge < -0.3 is 5.32 Å². The van der Waals surface area contributed by atoms with E-state index >= 15 is 0 Å². The molecular formula is C15H18ClF2N3. The Morgan fingerprint density at radius 1 is 1.33 bits per heavy atom. The first kappa shape index (κ1) is 15.9. The van der Waals surface area contributed by atoms with Crippen LogP contribution in [0.3, 0.4) is 0 Å². The molecule has 114 valence electrons. The molecule has 0 aliphatic heterocycles. The molecule has 1 unspecified atom stereocenters. The van der Waals surface area contributed by atoms with E-state index in [1.807, 2.05) is 20.9 Å². The van der Waals surface area contributed by atoms with Crippen LogP contribution in [0.15, 0.2) is 18.2 Å². The van der Waals surface area contributed by atoms with Gasteiger partial charge in [0.2, 0.25) is 0 Å². The van der Waals surface area contributed by atoms with Gasteiger partial charge in [-0.05, 0) is 31.2 Å². The highest BCUT2D eigenvalue weighted by Crippen LogP contribution is 2.26. The third kappa shape index (κ3) is 3.41. The minimum atomic E-state index is -0.845. The molecule has 0 spiro atoms. The summed E-state index contributed by atoms with van der Waals surface area (Å²) in [5.41, 5.74) is 2.31. The van der Waals surface area contributed by atoms with Gasteiger partial charge in [-0.3, -0.25) is 4.68 Å². The standard InChI is InChI=1S/C15H18ClF2N3/c1-4-19-13(10-5-6-11(17)12(18)7-10)8-14-15(16)9(2)20-21(14)3/h5-7,13,19H,4,8H2,1-3H3. The molecule has 6 heteroatoms. The van der Waals surface area contributed by atoms with Crippen molar-refractivity contribution in [3.8, 4) is 0 Å². The van der Waals surface area contributed by atoms with E-state index in [0.717, 1.165) is 17.5 Å². The van der Waals surface area contributed by atoms with Gasteiger partial charge in [0.1, 0.15) is 0 Å². The number of nitrogens with zero attached hydrogens (tertiary/aromatic N) is 2. The zero-order valence-electron chi connectivity index (χ0n) is 12.3. The molecule has 1 N–H and O–H groups in total. The monoisotopic (exact) mass is 313 g/mol. The number of aryl methyl sites for hydroxylation is 2. The number of aromatic nitrogens is 2. The molecule has 1 aromatic heterocycles. The van der Waals surface area contributed by atoms with Crippen molar-refractivity contribution in [1.29, 1.82) is 0 Å². The van der Waals surface area contributed by atoms with Crippen molar-refractivity contribution in [2.24, 2.45) is 7.05 Å². The Balaban J connectivity index is 2.32. The molecule has 21 heavy (non-hydrogen) atoms. The summed E-state index contributed by atoms with van der Waals surface area (Å²) >= 11 is 6.26. The first-order valence-corrected chi connectivity index (χ1v) is 7.18. The lowest BCUT2D eigenvalue weighted by Gasteiger charge is -2.19. The summed E-state index contributed by atoms with van der Waals surface area (Å²) in [6, 6.07) is 3.80. The van der Waals surface area contributed by atoms with Crippen molar-refractivity contribution >= 4 is 11.6 Å². The van der Waals surface area contributed by atoms with Crippen molar-refractivity contribution in [3.63, 3.8) is 0 Å². The van der Waals surface area contributed by atoms with Gasteiger partial charge in [0.25, 0.3) is 0 Å². The maximum Gasteiger partial charge on any atom is 0.159 e. The first-order valence-electron chi connectivity index (χ1n) is 6.80. The van der Waals surface area contributed by atoms with Gasteiger partial charge in [0.15, 0.2) is 11.6 Å². The average molecular weight is 314 g/mol. The quantitative estimate of drug-likeness (QED) is 0.915. The second-order valence-corrected chi connectivity index (χ2v) is 5.34. The number of hydrogen-bond acceptors (Lipinski definition) is 2. The fraction of sp³-hybridized carbons (Fsp3) is 0.400. The summed E-state index contributed by atoms with van der Waals surface area (Å²) < 4.78 is 28.2. The number of likely N-dealkylation sites (N-methyl/N-ethyl adjacent to an activating group) is 1. The number of hydrogen-bond donors (Lipinski definition) is 1. The summed E-state index contributed by atoms with van der Waals surface area (Å²) in [6.45, 7) is 4.51. The maximum atomic E-state index is 13.4. The maximum absolute atomic E-state index is 13.4. The fourth-order valence-corrected chi connectivity index (χ4v) is 2.62. The van der Waals surface area contributed by atoms with E-state index in [4.69, 9.17) is 11.6 Å². The van der Waals surface area contributed by atoms with E-state index < -0.39 is 11.6 Å². The van der Waals surface area contributed by atoms with Gasteiger partial charge in [-0.25, -0.2) is 8.78 Å². The lowest BCUT2D eigenvalue weighted by atomic mass is 10.0. The Morgan fingerprint density at radius 2 is 2.05 bits per heavy atom. The minimum absolute atomic E-state index is 0.155. The van der Waals surface area contributed by atoms with Crippen molar-refractivity contribution in [2.75, 3.05) is 6.54 Å². The third-order valence-corrected chi connectivity index (χ3v) is 3.95. The van der Waals surface area contributed by atoms with Crippen LogP contribution in [-0.2, 0) is 13.5 Å². The van der Waals surface area contributed by atoms with E-state index in [2.05, 4.69) is 10.4 Å². The second kappa shape index (κ2) is 6.54. The number of halogens is 3. The molecule has 1 atom stereocenters. The molecule has 2 aromatic rings. The topological polar surface area (TPSA) is 29.9 Å². The minimum Gasteiger partial charge on any atom is -0.310 e. The summed E-state index contributed by atoms with van der Waals surface area (Å²) in [5, 5.41) is 8.15. The molecule has 0 aliphatic rings. The zero-order chi connectivity index (χ0) is 15.6. The number of rotatable bonds is 5. The first-order chi connectivity index (χ1) is 9.93. The lowest BCUT2D eigenvalue weighted by molar-refractivity contribution is 0.493. The van der Waals surface area contributed by atoms with Gasteiger partial charge in [-0.2, -0.15) is 5.10 Å². The van der Waals surface area contributed by atoms with E-state index in [1.165, 1.54) is 6.07 Å². The molecule has 0 saturated heterocycles. The second-order valence-electron chi connectivity index (χ2n) is 4.96. The van der Waals surface area contributed by atoms with Gasteiger partial charge in [0.05, 0.1) is 16.4 Å². The summed E-state index contributed by atoms with van der Waals surface area (Å²) in [6.07, 6.45) is 0.551. The largest absolute Gasteiger partial charge is 0.310 e. The van der Waals surface area contributed by atoms with E-state index in [9.17, 15) is 8.78 Å². The molecule has 0 bridgehead atoms.